The summed E-state index contributed by atoms with van der Waals surface area (Å²) in [5.41, 5.74) is 3.05. The Morgan fingerprint density at radius 3 is 2.98 bits per heavy atom. The Kier molecular flexibility index (Phi) is 9.67. The van der Waals surface area contributed by atoms with Crippen LogP contribution in [0, 0.1) is 11.8 Å². The zero-order chi connectivity index (χ0) is 27.7. The maximum atomic E-state index is 13.1. The van der Waals surface area contributed by atoms with E-state index in [0.29, 0.717) is 45.2 Å². The SMILES string of the molecule is COC[C@@H]1CCCN1c1ccc2c(c1)CNCC(=O)N1CC[C@@H](CC(=O)NCc3ccccn3)[C@@H](C=CCO2)C1. The van der Waals surface area contributed by atoms with Crippen molar-refractivity contribution < 1.29 is 19.1 Å². The average molecular weight is 548 g/mol. The summed E-state index contributed by atoms with van der Waals surface area (Å²) in [5, 5.41) is 6.36. The third-order valence-electron chi connectivity index (χ3n) is 8.22. The number of pyridine rings is 1. The number of rotatable bonds is 7. The van der Waals surface area contributed by atoms with Crippen LogP contribution in [0.3, 0.4) is 0 Å². The first-order valence-corrected chi connectivity index (χ1v) is 14.4. The number of fused-ring (bicyclic) bond motifs is 3. The molecule has 2 N–H and O–H groups in total. The van der Waals surface area contributed by atoms with Gasteiger partial charge in [-0.05, 0) is 61.4 Å². The number of carbonyl (C=O) groups is 2. The molecule has 40 heavy (non-hydrogen) atoms. The van der Waals surface area contributed by atoms with Gasteiger partial charge in [0.25, 0.3) is 0 Å². The molecule has 0 aliphatic carbocycles. The van der Waals surface area contributed by atoms with Crippen molar-refractivity contribution in [3.63, 3.8) is 0 Å². The highest BCUT2D eigenvalue weighted by molar-refractivity contribution is 5.79. The fraction of sp³-hybridized carbons (Fsp3) is 0.516. The number of carbonyl (C=O) groups excluding carboxylic acids is 2. The second-order valence-electron chi connectivity index (χ2n) is 10.9. The molecule has 0 radical (unpaired) electrons. The van der Waals surface area contributed by atoms with Gasteiger partial charge in [0.15, 0.2) is 0 Å². The molecule has 5 rings (SSSR count). The lowest BCUT2D eigenvalue weighted by molar-refractivity contribution is -0.132. The number of piperidine rings is 1. The van der Waals surface area contributed by atoms with Crippen molar-refractivity contribution >= 4 is 17.5 Å². The summed E-state index contributed by atoms with van der Waals surface area (Å²) >= 11 is 0. The Labute approximate surface area is 236 Å². The van der Waals surface area contributed by atoms with Crippen molar-refractivity contribution in [1.29, 1.82) is 0 Å². The van der Waals surface area contributed by atoms with Crippen molar-refractivity contribution in [2.45, 2.75) is 44.8 Å². The number of hydrogen-bond acceptors (Lipinski definition) is 7. The number of methoxy groups -OCH3 is 1. The first kappa shape index (κ1) is 28.1. The zero-order valence-corrected chi connectivity index (χ0v) is 23.4. The van der Waals surface area contributed by atoms with E-state index in [4.69, 9.17) is 9.47 Å². The van der Waals surface area contributed by atoms with Crippen LogP contribution in [0.2, 0.25) is 0 Å². The average Bonchev–Trinajstić information content (AvgIpc) is 3.44. The van der Waals surface area contributed by atoms with Gasteiger partial charge in [0, 0.05) is 57.2 Å². The van der Waals surface area contributed by atoms with Gasteiger partial charge in [0.05, 0.1) is 31.4 Å². The van der Waals surface area contributed by atoms with E-state index in [1.54, 1.807) is 13.3 Å². The topological polar surface area (TPSA) is 96.0 Å². The van der Waals surface area contributed by atoms with Gasteiger partial charge < -0.3 is 29.9 Å². The highest BCUT2D eigenvalue weighted by Crippen LogP contribution is 2.31. The smallest absolute Gasteiger partial charge is 0.236 e. The maximum Gasteiger partial charge on any atom is 0.236 e. The summed E-state index contributed by atoms with van der Waals surface area (Å²) in [5.74, 6) is 1.19. The van der Waals surface area contributed by atoms with Crippen molar-refractivity contribution in [3.05, 3.63) is 66.0 Å². The fourth-order valence-corrected chi connectivity index (χ4v) is 6.08. The lowest BCUT2D eigenvalue weighted by Gasteiger charge is -2.37. The lowest BCUT2D eigenvalue weighted by atomic mass is 9.82. The number of ether oxygens (including phenoxy) is 2. The highest BCUT2D eigenvalue weighted by atomic mass is 16.5. The Bertz CT molecular complexity index is 1170. The zero-order valence-electron chi connectivity index (χ0n) is 23.4. The van der Waals surface area contributed by atoms with Gasteiger partial charge in [-0.15, -0.1) is 0 Å². The number of benzene rings is 1. The molecule has 3 atom stereocenters. The summed E-state index contributed by atoms with van der Waals surface area (Å²) in [4.78, 5) is 34.5. The third-order valence-corrected chi connectivity index (χ3v) is 8.22. The number of nitrogens with zero attached hydrogens (tertiary/aromatic N) is 3. The van der Waals surface area contributed by atoms with Gasteiger partial charge in [0.2, 0.25) is 11.8 Å². The Morgan fingerprint density at radius 2 is 2.12 bits per heavy atom. The molecule has 0 spiro atoms. The van der Waals surface area contributed by atoms with Crippen LogP contribution in [0.15, 0.2) is 54.7 Å². The Morgan fingerprint density at radius 1 is 1.20 bits per heavy atom. The van der Waals surface area contributed by atoms with E-state index in [2.05, 4.69) is 38.7 Å². The molecule has 0 saturated carbocycles. The Balaban J connectivity index is 1.25. The molecular weight excluding hydrogens is 506 g/mol. The van der Waals surface area contributed by atoms with E-state index in [1.807, 2.05) is 35.2 Å². The highest BCUT2D eigenvalue weighted by Gasteiger charge is 2.31. The minimum Gasteiger partial charge on any atom is -0.489 e. The van der Waals surface area contributed by atoms with Crippen LogP contribution in [-0.2, 0) is 27.4 Å². The molecule has 1 aromatic carbocycles. The molecule has 3 aliphatic rings. The number of anilines is 1. The number of nitrogens with one attached hydrogen (secondary N) is 2. The molecule has 214 valence electrons. The van der Waals surface area contributed by atoms with Gasteiger partial charge in [-0.25, -0.2) is 0 Å². The molecule has 9 nitrogen and oxygen atoms in total. The summed E-state index contributed by atoms with van der Waals surface area (Å²) < 4.78 is 11.7. The lowest BCUT2D eigenvalue weighted by Crippen LogP contribution is -2.47. The molecule has 9 heteroatoms. The van der Waals surface area contributed by atoms with Crippen LogP contribution in [0.25, 0.3) is 0 Å². The van der Waals surface area contributed by atoms with Crippen LogP contribution in [0.5, 0.6) is 5.75 Å². The summed E-state index contributed by atoms with van der Waals surface area (Å²) in [6.45, 7) is 4.69. The van der Waals surface area contributed by atoms with Crippen LogP contribution < -0.4 is 20.3 Å². The predicted octanol–water partition coefficient (Wildman–Crippen LogP) is 2.91. The molecule has 2 saturated heterocycles. The van der Waals surface area contributed by atoms with Gasteiger partial charge in [-0.2, -0.15) is 0 Å². The normalized spacial score (nSPS) is 23.4. The van der Waals surface area contributed by atoms with E-state index < -0.39 is 0 Å². The van der Waals surface area contributed by atoms with Gasteiger partial charge >= 0.3 is 0 Å². The van der Waals surface area contributed by atoms with Gasteiger partial charge in [0.1, 0.15) is 12.4 Å². The van der Waals surface area contributed by atoms with Crippen molar-refractivity contribution in [1.82, 2.24) is 20.5 Å². The van der Waals surface area contributed by atoms with E-state index in [-0.39, 0.29) is 30.2 Å². The van der Waals surface area contributed by atoms with Gasteiger partial charge in [-0.3, -0.25) is 14.6 Å². The number of aromatic nitrogens is 1. The van der Waals surface area contributed by atoms with E-state index in [1.165, 1.54) is 5.69 Å². The molecular formula is C31H41N5O4. The minimum absolute atomic E-state index is 0.0140. The van der Waals surface area contributed by atoms with Crippen LogP contribution in [0.4, 0.5) is 5.69 Å². The molecule has 2 aromatic rings. The van der Waals surface area contributed by atoms with Gasteiger partial charge in [-0.1, -0.05) is 18.2 Å². The van der Waals surface area contributed by atoms with E-state index in [9.17, 15) is 9.59 Å². The first-order chi connectivity index (χ1) is 19.6. The molecule has 2 amide bonds. The second kappa shape index (κ2) is 13.8. The quantitative estimate of drug-likeness (QED) is 0.515. The fourth-order valence-electron chi connectivity index (χ4n) is 6.08. The van der Waals surface area contributed by atoms with Crippen molar-refractivity contribution in [2.24, 2.45) is 11.8 Å². The Hall–Kier alpha value is -3.43. The van der Waals surface area contributed by atoms with Crippen molar-refractivity contribution in [3.8, 4) is 5.75 Å². The van der Waals surface area contributed by atoms with Crippen LogP contribution in [0.1, 0.15) is 36.9 Å². The molecule has 4 heterocycles. The van der Waals surface area contributed by atoms with Crippen molar-refractivity contribution in [2.75, 3.05) is 51.4 Å². The second-order valence-corrected chi connectivity index (χ2v) is 10.9. The summed E-state index contributed by atoms with van der Waals surface area (Å²) in [7, 11) is 1.76. The monoisotopic (exact) mass is 547 g/mol. The number of hydrogen-bond donors (Lipinski definition) is 2. The maximum absolute atomic E-state index is 13.1. The molecule has 3 aliphatic heterocycles. The minimum atomic E-state index is 0.0140. The van der Waals surface area contributed by atoms with Crippen LogP contribution >= 0.6 is 0 Å². The molecule has 2 bridgehead atoms. The molecule has 2 fully saturated rings. The number of amides is 2. The van der Waals surface area contributed by atoms with E-state index in [0.717, 1.165) is 49.4 Å². The van der Waals surface area contributed by atoms with E-state index >= 15 is 0 Å². The van der Waals surface area contributed by atoms with Crippen LogP contribution in [-0.4, -0.2) is 74.2 Å². The summed E-state index contributed by atoms with van der Waals surface area (Å²) in [6.07, 6.45) is 9.40. The predicted molar refractivity (Wildman–Crippen MR) is 154 cm³/mol. The largest absolute Gasteiger partial charge is 0.489 e. The third kappa shape index (κ3) is 7.20. The molecule has 1 aromatic heterocycles. The summed E-state index contributed by atoms with van der Waals surface area (Å²) in [6, 6.07) is 12.4. The standard InChI is InChI=1S/C31H41N5O4/c1-39-22-28-8-4-13-36(28)27-9-10-29-25(16-27)18-32-20-31(38)35-14-11-23(24(21-35)6-5-15-40-29)17-30(37)34-19-26-7-2-3-12-33-26/h2-3,5-7,9-10,12,16,23-24,28,32H,4,8,11,13-15,17-22H2,1H3,(H,34,37)/t23-,24-,28-/m0/s1. The molecule has 0 unspecified atom stereocenters. The first-order valence-electron chi connectivity index (χ1n) is 14.4.